The molecule has 2 aromatic carbocycles. The lowest BCUT2D eigenvalue weighted by atomic mass is 10.1. The van der Waals surface area contributed by atoms with Gasteiger partial charge in [-0.1, -0.05) is 53.6 Å². The summed E-state index contributed by atoms with van der Waals surface area (Å²) >= 11 is 5.91. The Morgan fingerprint density at radius 1 is 1.16 bits per heavy atom. The van der Waals surface area contributed by atoms with Crippen molar-refractivity contribution in [1.82, 2.24) is 15.1 Å². The van der Waals surface area contributed by atoms with E-state index in [1.165, 1.54) is 0 Å². The average Bonchev–Trinajstić information content (AvgIpc) is 3.33. The quantitative estimate of drug-likeness (QED) is 0.609. The Bertz CT molecular complexity index is 1190. The molecule has 0 aliphatic carbocycles. The molecule has 162 valence electrons. The molecule has 0 radical (unpaired) electrons. The van der Waals surface area contributed by atoms with Gasteiger partial charge < -0.3 is 5.32 Å². The Kier molecular flexibility index (Phi) is 6.16. The Balaban J connectivity index is 1.54. The van der Waals surface area contributed by atoms with E-state index in [4.69, 9.17) is 11.6 Å². The number of hydrogen-bond acceptors (Lipinski definition) is 4. The molecular weight excluding hydrogens is 434 g/mol. The molecule has 2 heterocycles. The van der Waals surface area contributed by atoms with Crippen molar-refractivity contribution in [2.24, 2.45) is 0 Å². The number of sulfone groups is 1. The third kappa shape index (κ3) is 5.17. The molecule has 1 saturated heterocycles. The van der Waals surface area contributed by atoms with Crippen molar-refractivity contribution in [1.29, 1.82) is 0 Å². The van der Waals surface area contributed by atoms with Gasteiger partial charge in [0, 0.05) is 11.6 Å². The number of aryl methyl sites for hydroxylation is 1. The molecule has 1 atom stereocenters. The zero-order chi connectivity index (χ0) is 22.0. The molecule has 1 aliphatic rings. The number of halogens is 1. The number of hydrogen-bond donors (Lipinski definition) is 1. The number of aromatic nitrogens is 2. The predicted molar refractivity (Wildman–Crippen MR) is 122 cm³/mol. The second-order valence-corrected chi connectivity index (χ2v) is 10.6. The number of nitrogens with one attached hydrogen (secondary N) is 1. The van der Waals surface area contributed by atoms with Crippen LogP contribution in [0.4, 0.5) is 0 Å². The number of carbonyl (C=O) groups excluding carboxylic acids is 1. The van der Waals surface area contributed by atoms with E-state index in [-0.39, 0.29) is 29.1 Å². The predicted octanol–water partition coefficient (Wildman–Crippen LogP) is 3.84. The summed E-state index contributed by atoms with van der Waals surface area (Å²) in [6.45, 7) is 2.47. The number of benzene rings is 2. The lowest BCUT2D eigenvalue weighted by molar-refractivity contribution is 0.0948. The molecule has 6 nitrogen and oxygen atoms in total. The number of rotatable bonds is 6. The van der Waals surface area contributed by atoms with Gasteiger partial charge in [-0.15, -0.1) is 0 Å². The Hall–Kier alpha value is -2.64. The van der Waals surface area contributed by atoms with E-state index in [0.29, 0.717) is 24.4 Å². The normalized spacial score (nSPS) is 17.5. The summed E-state index contributed by atoms with van der Waals surface area (Å²) in [4.78, 5) is 12.8. The van der Waals surface area contributed by atoms with Crippen molar-refractivity contribution in [3.63, 3.8) is 0 Å². The SMILES string of the molecule is Cc1ccc(-c2cc(C(=O)NCCc3ccc(Cl)cc3)nn2C2CCS(=O)(=O)C2)cc1. The van der Waals surface area contributed by atoms with Crippen LogP contribution in [-0.2, 0) is 16.3 Å². The molecule has 1 fully saturated rings. The van der Waals surface area contributed by atoms with Gasteiger partial charge in [-0.05, 0) is 49.1 Å². The zero-order valence-corrected chi connectivity index (χ0v) is 18.8. The van der Waals surface area contributed by atoms with Crippen LogP contribution in [0.5, 0.6) is 0 Å². The molecule has 1 aliphatic heterocycles. The summed E-state index contributed by atoms with van der Waals surface area (Å²) < 4.78 is 25.7. The smallest absolute Gasteiger partial charge is 0.271 e. The molecule has 3 aromatic rings. The highest BCUT2D eigenvalue weighted by atomic mass is 35.5. The van der Waals surface area contributed by atoms with Gasteiger partial charge in [0.05, 0.1) is 23.2 Å². The topological polar surface area (TPSA) is 81.1 Å². The van der Waals surface area contributed by atoms with Crippen molar-refractivity contribution in [3.8, 4) is 11.3 Å². The largest absolute Gasteiger partial charge is 0.350 e. The summed E-state index contributed by atoms with van der Waals surface area (Å²) in [5, 5.41) is 8.10. The second kappa shape index (κ2) is 8.85. The van der Waals surface area contributed by atoms with E-state index >= 15 is 0 Å². The highest BCUT2D eigenvalue weighted by Crippen LogP contribution is 2.30. The van der Waals surface area contributed by atoms with Crippen molar-refractivity contribution < 1.29 is 13.2 Å². The fraction of sp³-hybridized carbons (Fsp3) is 0.304. The van der Waals surface area contributed by atoms with Crippen molar-refractivity contribution in [3.05, 3.63) is 76.4 Å². The fourth-order valence-corrected chi connectivity index (χ4v) is 5.57. The molecule has 1 unspecified atom stereocenters. The van der Waals surface area contributed by atoms with Gasteiger partial charge >= 0.3 is 0 Å². The van der Waals surface area contributed by atoms with E-state index < -0.39 is 9.84 Å². The first kappa shape index (κ1) is 21.6. The first-order chi connectivity index (χ1) is 14.8. The molecule has 8 heteroatoms. The van der Waals surface area contributed by atoms with Crippen LogP contribution in [-0.4, -0.2) is 42.2 Å². The summed E-state index contributed by atoms with van der Waals surface area (Å²) in [7, 11) is -3.08. The molecule has 0 saturated carbocycles. The van der Waals surface area contributed by atoms with Crippen molar-refractivity contribution in [2.75, 3.05) is 18.1 Å². The van der Waals surface area contributed by atoms with Gasteiger partial charge in [-0.25, -0.2) is 8.42 Å². The summed E-state index contributed by atoms with van der Waals surface area (Å²) in [5.41, 5.74) is 4.15. The van der Waals surface area contributed by atoms with E-state index in [2.05, 4.69) is 10.4 Å². The van der Waals surface area contributed by atoms with E-state index in [0.717, 1.165) is 22.4 Å². The Morgan fingerprint density at radius 2 is 1.87 bits per heavy atom. The fourth-order valence-electron chi connectivity index (χ4n) is 3.75. The number of carbonyl (C=O) groups is 1. The van der Waals surface area contributed by atoms with Crippen LogP contribution in [0.1, 0.15) is 34.1 Å². The van der Waals surface area contributed by atoms with Crippen LogP contribution >= 0.6 is 11.6 Å². The van der Waals surface area contributed by atoms with E-state index in [9.17, 15) is 13.2 Å². The molecule has 1 aromatic heterocycles. The molecule has 1 N–H and O–H groups in total. The molecule has 0 spiro atoms. The number of nitrogens with zero attached hydrogens (tertiary/aromatic N) is 2. The summed E-state index contributed by atoms with van der Waals surface area (Å²) in [6.07, 6.45) is 1.18. The van der Waals surface area contributed by atoms with Crippen molar-refractivity contribution in [2.45, 2.75) is 25.8 Å². The monoisotopic (exact) mass is 457 g/mol. The molecule has 1 amide bonds. The molecule has 0 bridgehead atoms. The van der Waals surface area contributed by atoms with Crippen LogP contribution in [0, 0.1) is 6.92 Å². The maximum absolute atomic E-state index is 12.8. The minimum absolute atomic E-state index is 0.0468. The van der Waals surface area contributed by atoms with Crippen LogP contribution in [0.2, 0.25) is 5.02 Å². The van der Waals surface area contributed by atoms with Crippen LogP contribution in [0.3, 0.4) is 0 Å². The standard InChI is InChI=1S/C23H24ClN3O3S/c1-16-2-6-18(7-3-16)22-14-21(26-27(22)20-11-13-31(29,30)15-20)23(28)25-12-10-17-4-8-19(24)9-5-17/h2-9,14,20H,10-13,15H2,1H3,(H,25,28). The minimum Gasteiger partial charge on any atom is -0.350 e. The van der Waals surface area contributed by atoms with Gasteiger partial charge in [-0.2, -0.15) is 5.10 Å². The second-order valence-electron chi connectivity index (χ2n) is 7.91. The molecule has 31 heavy (non-hydrogen) atoms. The van der Waals surface area contributed by atoms with Crippen LogP contribution in [0.15, 0.2) is 54.6 Å². The average molecular weight is 458 g/mol. The van der Waals surface area contributed by atoms with Crippen molar-refractivity contribution >= 4 is 27.3 Å². The Morgan fingerprint density at radius 3 is 2.52 bits per heavy atom. The maximum Gasteiger partial charge on any atom is 0.271 e. The number of amides is 1. The van der Waals surface area contributed by atoms with Gasteiger partial charge in [0.1, 0.15) is 0 Å². The zero-order valence-electron chi connectivity index (χ0n) is 17.2. The maximum atomic E-state index is 12.8. The third-order valence-electron chi connectivity index (χ3n) is 5.48. The minimum atomic E-state index is -3.08. The van der Waals surface area contributed by atoms with E-state index in [1.807, 2.05) is 55.5 Å². The van der Waals surface area contributed by atoms with Crippen LogP contribution < -0.4 is 5.32 Å². The van der Waals surface area contributed by atoms with Gasteiger partial charge in [0.2, 0.25) is 0 Å². The molecule has 4 rings (SSSR count). The van der Waals surface area contributed by atoms with E-state index in [1.54, 1.807) is 10.7 Å². The summed E-state index contributed by atoms with van der Waals surface area (Å²) in [5.74, 6) is -0.0829. The summed E-state index contributed by atoms with van der Waals surface area (Å²) in [6, 6.07) is 16.9. The lowest BCUT2D eigenvalue weighted by Crippen LogP contribution is -2.26. The lowest BCUT2D eigenvalue weighted by Gasteiger charge is -2.13. The first-order valence-electron chi connectivity index (χ1n) is 10.2. The molecular formula is C23H24ClN3O3S. The van der Waals surface area contributed by atoms with Gasteiger partial charge in [0.15, 0.2) is 15.5 Å². The van der Waals surface area contributed by atoms with Crippen LogP contribution in [0.25, 0.3) is 11.3 Å². The third-order valence-corrected chi connectivity index (χ3v) is 7.48. The highest BCUT2D eigenvalue weighted by Gasteiger charge is 2.32. The highest BCUT2D eigenvalue weighted by molar-refractivity contribution is 7.91. The van der Waals surface area contributed by atoms with Gasteiger partial charge in [-0.3, -0.25) is 9.48 Å². The first-order valence-corrected chi connectivity index (χ1v) is 12.4. The Labute approximate surface area is 187 Å². The van der Waals surface area contributed by atoms with Gasteiger partial charge in [0.25, 0.3) is 5.91 Å².